The van der Waals surface area contributed by atoms with Crippen LogP contribution in [0.25, 0.3) is 0 Å². The van der Waals surface area contributed by atoms with E-state index in [1.807, 2.05) is 0 Å². The molecule has 1 aromatic rings. The summed E-state index contributed by atoms with van der Waals surface area (Å²) in [6.07, 6.45) is 7.11. The van der Waals surface area contributed by atoms with E-state index in [2.05, 4.69) is 45.0 Å². The second kappa shape index (κ2) is 6.59. The smallest absolute Gasteiger partial charge is 0.120 e. The average molecular weight is 344 g/mol. The first-order valence-electron chi connectivity index (χ1n) is 10.1. The van der Waals surface area contributed by atoms with Crippen LogP contribution in [0.1, 0.15) is 71.0 Å². The third-order valence-electron chi connectivity index (χ3n) is 6.96. The molecule has 5 atom stereocenters. The number of aliphatic hydroxyl groups excluding tert-OH is 1. The minimum atomic E-state index is -0.215. The van der Waals surface area contributed by atoms with Crippen molar-refractivity contribution < 1.29 is 14.6 Å². The Hall–Kier alpha value is -1.06. The molecule has 4 rings (SSSR count). The van der Waals surface area contributed by atoms with Gasteiger partial charge in [0.1, 0.15) is 5.75 Å². The zero-order chi connectivity index (χ0) is 17.6. The van der Waals surface area contributed by atoms with Crippen LogP contribution in [-0.2, 0) is 4.74 Å². The van der Waals surface area contributed by atoms with Crippen LogP contribution in [0.5, 0.6) is 5.75 Å². The van der Waals surface area contributed by atoms with Crippen molar-refractivity contribution >= 4 is 0 Å². The first kappa shape index (κ1) is 17.4. The lowest BCUT2D eigenvalue weighted by Gasteiger charge is -2.53. The van der Waals surface area contributed by atoms with E-state index in [1.54, 1.807) is 0 Å². The van der Waals surface area contributed by atoms with E-state index in [1.165, 1.54) is 31.2 Å². The molecular formula is C22H32O3. The summed E-state index contributed by atoms with van der Waals surface area (Å²) in [5.74, 6) is 2.06. The molecule has 1 N–H and O–H groups in total. The summed E-state index contributed by atoms with van der Waals surface area (Å²) >= 11 is 0. The lowest BCUT2D eigenvalue weighted by molar-refractivity contribution is -0.215. The molecule has 138 valence electrons. The molecule has 25 heavy (non-hydrogen) atoms. The highest BCUT2D eigenvalue weighted by atomic mass is 16.5. The molecule has 2 saturated carbocycles. The van der Waals surface area contributed by atoms with Gasteiger partial charge in [-0.15, -0.1) is 0 Å². The summed E-state index contributed by atoms with van der Waals surface area (Å²) in [6.45, 7) is 6.55. The van der Waals surface area contributed by atoms with E-state index in [4.69, 9.17) is 9.47 Å². The summed E-state index contributed by atoms with van der Waals surface area (Å²) < 4.78 is 12.8. The van der Waals surface area contributed by atoms with Gasteiger partial charge >= 0.3 is 0 Å². The predicted octanol–water partition coefficient (Wildman–Crippen LogP) is 4.88. The number of rotatable bonds is 3. The van der Waals surface area contributed by atoms with E-state index in [0.717, 1.165) is 18.6 Å². The molecule has 3 heteroatoms. The van der Waals surface area contributed by atoms with E-state index in [-0.39, 0.29) is 23.7 Å². The first-order valence-corrected chi connectivity index (χ1v) is 10.1. The van der Waals surface area contributed by atoms with Gasteiger partial charge < -0.3 is 14.6 Å². The largest absolute Gasteiger partial charge is 0.490 e. The summed E-state index contributed by atoms with van der Waals surface area (Å²) in [4.78, 5) is 0. The van der Waals surface area contributed by atoms with Gasteiger partial charge in [0.2, 0.25) is 0 Å². The standard InChI is InChI=1S/C22H32O3/c1-14-19-12-16(13-20(14)23)22(2,3)25-21(19)15-7-6-10-18(11-15)24-17-8-4-5-9-17/h6-7,10-11,14,16-17,19-21,23H,4-5,8-9,12-13H2,1-3H3/t14-,16-,19+,20-,21-/m0/s1. The maximum atomic E-state index is 10.5. The lowest BCUT2D eigenvalue weighted by atomic mass is 9.63. The molecule has 0 amide bonds. The van der Waals surface area contributed by atoms with Gasteiger partial charge in [0.25, 0.3) is 0 Å². The van der Waals surface area contributed by atoms with Crippen LogP contribution < -0.4 is 4.74 Å². The van der Waals surface area contributed by atoms with Crippen molar-refractivity contribution in [1.29, 1.82) is 0 Å². The van der Waals surface area contributed by atoms with E-state index in [0.29, 0.717) is 17.9 Å². The maximum Gasteiger partial charge on any atom is 0.120 e. The van der Waals surface area contributed by atoms with Gasteiger partial charge in [0, 0.05) is 0 Å². The number of fused-ring (bicyclic) bond motifs is 2. The minimum absolute atomic E-state index is 0.0447. The molecule has 3 aliphatic rings. The Balaban J connectivity index is 1.59. The number of hydrogen-bond acceptors (Lipinski definition) is 3. The highest BCUT2D eigenvalue weighted by Gasteiger charge is 2.50. The van der Waals surface area contributed by atoms with Crippen LogP contribution in [-0.4, -0.2) is 22.9 Å². The third kappa shape index (κ3) is 3.33. The van der Waals surface area contributed by atoms with Gasteiger partial charge in [0.05, 0.1) is 23.9 Å². The van der Waals surface area contributed by atoms with Gasteiger partial charge in [-0.25, -0.2) is 0 Å². The Morgan fingerprint density at radius 3 is 2.68 bits per heavy atom. The van der Waals surface area contributed by atoms with Crippen LogP contribution in [0.4, 0.5) is 0 Å². The van der Waals surface area contributed by atoms with Crippen molar-refractivity contribution in [2.45, 2.75) is 83.2 Å². The van der Waals surface area contributed by atoms with Gasteiger partial charge in [-0.2, -0.15) is 0 Å². The highest BCUT2D eigenvalue weighted by molar-refractivity contribution is 5.31. The average Bonchev–Trinajstić information content (AvgIpc) is 3.08. The maximum absolute atomic E-state index is 10.5. The third-order valence-corrected chi connectivity index (χ3v) is 6.96. The summed E-state index contributed by atoms with van der Waals surface area (Å²) in [7, 11) is 0. The Morgan fingerprint density at radius 1 is 1.16 bits per heavy atom. The molecule has 2 bridgehead atoms. The minimum Gasteiger partial charge on any atom is -0.490 e. The molecule has 2 aliphatic carbocycles. The molecular weight excluding hydrogens is 312 g/mol. The zero-order valence-corrected chi connectivity index (χ0v) is 15.8. The quantitative estimate of drug-likeness (QED) is 0.849. The fourth-order valence-electron chi connectivity index (χ4n) is 5.19. The molecule has 0 aromatic heterocycles. The highest BCUT2D eigenvalue weighted by Crippen LogP contribution is 2.53. The molecule has 3 nitrogen and oxygen atoms in total. The van der Waals surface area contributed by atoms with Gasteiger partial charge in [0.15, 0.2) is 0 Å². The van der Waals surface area contributed by atoms with E-state index in [9.17, 15) is 5.11 Å². The van der Waals surface area contributed by atoms with Crippen LogP contribution in [0.15, 0.2) is 24.3 Å². The van der Waals surface area contributed by atoms with Gasteiger partial charge in [-0.05, 0) is 87.8 Å². The Bertz CT molecular complexity index is 605. The van der Waals surface area contributed by atoms with Crippen LogP contribution in [0.2, 0.25) is 0 Å². The normalized spacial score (nSPS) is 37.8. The summed E-state index contributed by atoms with van der Waals surface area (Å²) in [6, 6.07) is 8.49. The second-order valence-electron chi connectivity index (χ2n) is 9.00. The molecule has 0 radical (unpaired) electrons. The number of aliphatic hydroxyl groups is 1. The molecule has 0 spiro atoms. The molecule has 1 aromatic carbocycles. The number of benzene rings is 1. The Labute approximate surface area is 151 Å². The van der Waals surface area contributed by atoms with Crippen molar-refractivity contribution in [3.8, 4) is 5.75 Å². The topological polar surface area (TPSA) is 38.7 Å². The monoisotopic (exact) mass is 344 g/mol. The van der Waals surface area contributed by atoms with E-state index < -0.39 is 0 Å². The Kier molecular flexibility index (Phi) is 4.57. The molecule has 1 aliphatic heterocycles. The zero-order valence-electron chi connectivity index (χ0n) is 15.8. The fraction of sp³-hybridized carbons (Fsp3) is 0.727. The first-order chi connectivity index (χ1) is 11.9. The predicted molar refractivity (Wildman–Crippen MR) is 98.6 cm³/mol. The number of hydrogen-bond donors (Lipinski definition) is 1. The molecule has 3 fully saturated rings. The second-order valence-corrected chi connectivity index (χ2v) is 9.00. The van der Waals surface area contributed by atoms with Crippen molar-refractivity contribution in [2.75, 3.05) is 0 Å². The van der Waals surface area contributed by atoms with Gasteiger partial charge in [-0.3, -0.25) is 0 Å². The lowest BCUT2D eigenvalue weighted by Crippen LogP contribution is -2.52. The fourth-order valence-corrected chi connectivity index (χ4v) is 5.19. The van der Waals surface area contributed by atoms with Crippen molar-refractivity contribution in [1.82, 2.24) is 0 Å². The van der Waals surface area contributed by atoms with Gasteiger partial charge in [-0.1, -0.05) is 19.1 Å². The van der Waals surface area contributed by atoms with Crippen molar-refractivity contribution in [2.24, 2.45) is 17.8 Å². The van der Waals surface area contributed by atoms with E-state index >= 15 is 0 Å². The number of ether oxygens (including phenoxy) is 2. The Morgan fingerprint density at radius 2 is 1.92 bits per heavy atom. The molecule has 0 unspecified atom stereocenters. The SMILES string of the molecule is C[C@H]1[C@H]2C[C@@H](C[C@@H]1O)C(C)(C)O[C@H]2c1cccc(OC2CCCC2)c1. The van der Waals surface area contributed by atoms with Crippen LogP contribution >= 0.6 is 0 Å². The summed E-state index contributed by atoms with van der Waals surface area (Å²) in [5, 5.41) is 10.5. The van der Waals surface area contributed by atoms with Crippen molar-refractivity contribution in [3.05, 3.63) is 29.8 Å². The van der Waals surface area contributed by atoms with Crippen molar-refractivity contribution in [3.63, 3.8) is 0 Å². The summed E-state index contributed by atoms with van der Waals surface area (Å²) in [5.41, 5.74) is 1.01. The van der Waals surface area contributed by atoms with Crippen LogP contribution in [0.3, 0.4) is 0 Å². The molecule has 1 saturated heterocycles. The molecule has 1 heterocycles. The van der Waals surface area contributed by atoms with Crippen LogP contribution in [0, 0.1) is 17.8 Å².